The summed E-state index contributed by atoms with van der Waals surface area (Å²) in [4.78, 5) is 89.3. The molecular weight excluding hydrogens is 809 g/mol. The lowest BCUT2D eigenvalue weighted by Crippen LogP contribution is -2.60. The van der Waals surface area contributed by atoms with Crippen LogP contribution in [0.15, 0.2) is 73.2 Å². The number of aliphatic hydroxyl groups excluding tert-OH is 1. The topological polar surface area (TPSA) is 244 Å². The fourth-order valence-corrected chi connectivity index (χ4v) is 6.81. The molecule has 0 radical (unpaired) electrons. The number of rotatable bonds is 23. The van der Waals surface area contributed by atoms with Gasteiger partial charge in [0.2, 0.25) is 17.7 Å². The number of carboxylic acid groups (broad SMARTS) is 1. The molecule has 0 bridgehead atoms. The summed E-state index contributed by atoms with van der Waals surface area (Å²) < 4.78 is 5.45. The summed E-state index contributed by atoms with van der Waals surface area (Å²) in [7, 11) is 0. The first-order chi connectivity index (χ1) is 29.6. The molecule has 1 heterocycles. The van der Waals surface area contributed by atoms with E-state index < -0.39 is 83.6 Å². The van der Waals surface area contributed by atoms with Crippen LogP contribution in [0, 0.1) is 17.8 Å². The Labute approximate surface area is 370 Å². The van der Waals surface area contributed by atoms with Crippen LogP contribution in [0.1, 0.15) is 85.6 Å². The average molecular weight is 877 g/mol. The Morgan fingerprint density at radius 3 is 1.73 bits per heavy atom. The summed E-state index contributed by atoms with van der Waals surface area (Å²) in [5.41, 5.74) is 1.17. The summed E-state index contributed by atoms with van der Waals surface area (Å²) in [6, 6.07) is 11.7. The number of hydrogen-bond donors (Lipinski definition) is 8. The monoisotopic (exact) mass is 877 g/mol. The Morgan fingerprint density at radius 2 is 1.24 bits per heavy atom. The van der Waals surface area contributed by atoms with Gasteiger partial charge in [-0.3, -0.25) is 14.4 Å². The summed E-state index contributed by atoms with van der Waals surface area (Å²) in [6.07, 6.45) is 1.26. The van der Waals surface area contributed by atoms with Gasteiger partial charge in [0.05, 0.1) is 25.0 Å². The first-order valence-corrected chi connectivity index (χ1v) is 21.5. The average Bonchev–Trinajstić information content (AvgIpc) is 3.71. The number of H-pyrrole nitrogens is 1. The molecule has 17 heteroatoms. The lowest BCUT2D eigenvalue weighted by Gasteiger charge is -2.34. The maximum Gasteiger partial charge on any atom is 0.408 e. The Balaban J connectivity index is 1.84. The molecule has 3 aromatic rings. The second-order valence-corrected chi connectivity index (χ2v) is 18.1. The highest BCUT2D eigenvalue weighted by Crippen LogP contribution is 2.15. The van der Waals surface area contributed by atoms with Gasteiger partial charge in [-0.05, 0) is 56.1 Å². The van der Waals surface area contributed by atoms with Crippen molar-refractivity contribution in [3.63, 3.8) is 0 Å². The lowest BCUT2D eigenvalue weighted by atomic mass is 9.97. The molecule has 8 N–H and O–H groups in total. The molecule has 346 valence electrons. The van der Waals surface area contributed by atoms with E-state index in [9.17, 15) is 39.0 Å². The third kappa shape index (κ3) is 18.5. The Hall–Kier alpha value is -5.97. The normalized spacial score (nSPS) is 14.4. The second-order valence-electron chi connectivity index (χ2n) is 18.1. The predicted molar refractivity (Wildman–Crippen MR) is 238 cm³/mol. The number of nitrogens with zero attached hydrogens (tertiary/aromatic N) is 2. The van der Waals surface area contributed by atoms with Gasteiger partial charge in [-0.1, -0.05) is 102 Å². The van der Waals surface area contributed by atoms with Crippen molar-refractivity contribution in [1.29, 1.82) is 0 Å². The number of imidazole rings is 1. The molecule has 0 aliphatic rings. The van der Waals surface area contributed by atoms with Crippen molar-refractivity contribution in [2.24, 2.45) is 17.8 Å². The molecule has 0 saturated heterocycles. The molecule has 2 aromatic carbocycles. The Bertz CT molecular complexity index is 1900. The van der Waals surface area contributed by atoms with Crippen LogP contribution in [-0.4, -0.2) is 116 Å². The minimum absolute atomic E-state index is 0.0127. The minimum Gasteiger partial charge on any atom is -0.480 e. The van der Waals surface area contributed by atoms with Gasteiger partial charge in [-0.2, -0.15) is 0 Å². The van der Waals surface area contributed by atoms with Crippen molar-refractivity contribution in [2.75, 3.05) is 13.1 Å². The van der Waals surface area contributed by atoms with Crippen molar-refractivity contribution in [3.8, 4) is 0 Å². The zero-order valence-electron chi connectivity index (χ0n) is 38.0. The molecule has 1 aromatic heterocycles. The highest BCUT2D eigenvalue weighted by molar-refractivity contribution is 5.92. The summed E-state index contributed by atoms with van der Waals surface area (Å²) in [5, 5.41) is 35.5. The van der Waals surface area contributed by atoms with Gasteiger partial charge >= 0.3 is 18.1 Å². The smallest absolute Gasteiger partial charge is 0.408 e. The number of aliphatic carboxylic acids is 1. The number of carbonyl (C=O) groups is 6. The molecule has 0 spiro atoms. The van der Waals surface area contributed by atoms with Gasteiger partial charge in [0.15, 0.2) is 0 Å². The highest BCUT2D eigenvalue weighted by atomic mass is 16.6. The molecule has 0 saturated carbocycles. The third-order valence-corrected chi connectivity index (χ3v) is 9.82. The number of ether oxygens (including phenoxy) is 1. The molecule has 6 atom stereocenters. The molecule has 0 aliphatic heterocycles. The molecule has 6 amide bonds. The van der Waals surface area contributed by atoms with E-state index in [0.29, 0.717) is 17.7 Å². The van der Waals surface area contributed by atoms with Crippen LogP contribution < -0.4 is 26.6 Å². The first kappa shape index (κ1) is 51.4. The number of alkyl carbamates (subject to hydrolysis) is 1. The largest absolute Gasteiger partial charge is 0.480 e. The van der Waals surface area contributed by atoms with E-state index in [-0.39, 0.29) is 44.2 Å². The fraction of sp³-hybridized carbons (Fsp3) is 0.543. The maximum absolute atomic E-state index is 14.3. The lowest BCUT2D eigenvalue weighted by molar-refractivity contribution is -0.142. The molecule has 0 aliphatic carbocycles. The van der Waals surface area contributed by atoms with Gasteiger partial charge in [0.25, 0.3) is 0 Å². The number of carboxylic acids is 1. The summed E-state index contributed by atoms with van der Waals surface area (Å²) in [6.45, 7) is 16.1. The zero-order chi connectivity index (χ0) is 46.9. The number of carbonyl (C=O) groups excluding carboxylic acids is 5. The van der Waals surface area contributed by atoms with Crippen molar-refractivity contribution >= 4 is 35.8 Å². The summed E-state index contributed by atoms with van der Waals surface area (Å²) in [5.74, 6) is -3.71. The van der Waals surface area contributed by atoms with Gasteiger partial charge < -0.3 is 51.4 Å². The van der Waals surface area contributed by atoms with Crippen LogP contribution in [0.5, 0.6) is 0 Å². The molecule has 3 rings (SSSR count). The Morgan fingerprint density at radius 1 is 0.698 bits per heavy atom. The van der Waals surface area contributed by atoms with Crippen LogP contribution in [0.4, 0.5) is 9.59 Å². The minimum atomic E-state index is -1.31. The van der Waals surface area contributed by atoms with Crippen LogP contribution in [0.3, 0.4) is 0 Å². The summed E-state index contributed by atoms with van der Waals surface area (Å²) >= 11 is 0. The van der Waals surface area contributed by atoms with E-state index in [1.54, 1.807) is 65.0 Å². The van der Waals surface area contributed by atoms with E-state index >= 15 is 0 Å². The van der Waals surface area contributed by atoms with Crippen molar-refractivity contribution in [1.82, 2.24) is 41.5 Å². The molecule has 17 nitrogen and oxygen atoms in total. The van der Waals surface area contributed by atoms with Crippen molar-refractivity contribution < 1.29 is 43.7 Å². The van der Waals surface area contributed by atoms with Gasteiger partial charge in [-0.15, -0.1) is 0 Å². The van der Waals surface area contributed by atoms with E-state index in [1.165, 1.54) is 17.4 Å². The molecule has 1 unspecified atom stereocenters. The van der Waals surface area contributed by atoms with Crippen LogP contribution in [0.25, 0.3) is 0 Å². The number of urea groups is 1. The quantitative estimate of drug-likeness (QED) is 0.0682. The van der Waals surface area contributed by atoms with E-state index in [2.05, 4.69) is 36.6 Å². The van der Waals surface area contributed by atoms with E-state index in [4.69, 9.17) is 4.74 Å². The maximum atomic E-state index is 14.3. The number of amides is 6. The second kappa shape index (κ2) is 24.6. The third-order valence-electron chi connectivity index (χ3n) is 9.82. The number of nitrogens with one attached hydrogen (secondary N) is 6. The van der Waals surface area contributed by atoms with E-state index in [1.807, 2.05) is 58.0 Å². The molecule has 0 fully saturated rings. The van der Waals surface area contributed by atoms with E-state index in [0.717, 1.165) is 5.56 Å². The predicted octanol–water partition coefficient (Wildman–Crippen LogP) is 3.97. The van der Waals surface area contributed by atoms with Gasteiger partial charge in [0, 0.05) is 37.7 Å². The first-order valence-electron chi connectivity index (χ1n) is 21.5. The van der Waals surface area contributed by atoms with Gasteiger partial charge in [-0.25, -0.2) is 19.4 Å². The zero-order valence-corrected chi connectivity index (χ0v) is 38.0. The molecule has 63 heavy (non-hydrogen) atoms. The van der Waals surface area contributed by atoms with Crippen LogP contribution >= 0.6 is 0 Å². The standard InChI is InChI=1S/C46H68N8O9/c1-28(2)20-34(38(55)26-54(25-29(3)4)44(61)53-39(30(5)6)42(58)51-37(43(59)60)22-32-18-14-11-15-19-32)49-41(57)36(23-33-24-47-27-48-33)50-40(56)35(21-31-16-12-10-13-17-31)52-45(62)63-46(7,8)9/h10-19,24,27-30,34-39,55H,20-23,25-26H2,1-9H3,(H,47,48)(H,49,57)(H,50,56)(H,51,58)(H,52,62)(H,53,61)(H,59,60)/t34-,35-,36-,37-,38?,39-/m0/s1. The number of aliphatic hydroxyl groups is 1. The van der Waals surface area contributed by atoms with Gasteiger partial charge in [0.1, 0.15) is 29.8 Å². The van der Waals surface area contributed by atoms with Crippen molar-refractivity contribution in [3.05, 3.63) is 90.0 Å². The highest BCUT2D eigenvalue weighted by Gasteiger charge is 2.35. The van der Waals surface area contributed by atoms with Crippen molar-refractivity contribution in [2.45, 2.75) is 130 Å². The molecular formula is C46H68N8O9. The number of hydrogen-bond acceptors (Lipinski definition) is 9. The SMILES string of the molecule is CC(C)C[C@H](NC(=O)[C@H](Cc1cnc[nH]1)NC(=O)[C@H](Cc1ccccc1)NC(=O)OC(C)(C)C)C(O)CN(CC(C)C)C(=O)N[C@H](C(=O)N[C@@H](Cc1ccccc1)C(=O)O)C(C)C. The number of benzene rings is 2. The number of aromatic nitrogens is 2. The van der Waals surface area contributed by atoms with Crippen LogP contribution in [-0.2, 0) is 43.2 Å². The van der Waals surface area contributed by atoms with Crippen LogP contribution in [0.2, 0.25) is 0 Å². The Kier molecular flexibility index (Phi) is 20.1. The fourth-order valence-electron chi connectivity index (χ4n) is 6.81. The number of aromatic amines is 1.